The summed E-state index contributed by atoms with van der Waals surface area (Å²) in [6.45, 7) is 6.77. The van der Waals surface area contributed by atoms with E-state index in [-0.39, 0.29) is 11.9 Å². The second-order valence-electron chi connectivity index (χ2n) is 6.15. The molecule has 0 bridgehead atoms. The van der Waals surface area contributed by atoms with Gasteiger partial charge in [0.15, 0.2) is 0 Å². The minimum atomic E-state index is 0.122. The zero-order valence-corrected chi connectivity index (χ0v) is 13.4. The van der Waals surface area contributed by atoms with Gasteiger partial charge >= 0.3 is 0 Å². The number of piperidine rings is 1. The average Bonchev–Trinajstić information content (AvgIpc) is 3.07. The summed E-state index contributed by atoms with van der Waals surface area (Å²) in [5.41, 5.74) is 5.12. The number of hydrogen-bond acceptors (Lipinski definition) is 3. The van der Waals surface area contributed by atoms with Gasteiger partial charge in [0.1, 0.15) is 0 Å². The van der Waals surface area contributed by atoms with Crippen molar-refractivity contribution in [2.45, 2.75) is 52.5 Å². The zero-order valence-electron chi connectivity index (χ0n) is 13.4. The maximum Gasteiger partial charge on any atom is 0.227 e. The lowest BCUT2D eigenvalue weighted by Gasteiger charge is -2.35. The van der Waals surface area contributed by atoms with Crippen LogP contribution in [0.1, 0.15) is 53.5 Å². The van der Waals surface area contributed by atoms with Crippen LogP contribution < -0.4 is 0 Å². The average molecular weight is 301 g/mol. The lowest BCUT2D eigenvalue weighted by Crippen LogP contribution is -2.40. The predicted molar refractivity (Wildman–Crippen MR) is 83.4 cm³/mol. The number of carbonyl (C=O) groups is 1. The van der Waals surface area contributed by atoms with Gasteiger partial charge in [0.05, 0.1) is 30.0 Å². The van der Waals surface area contributed by atoms with E-state index >= 15 is 0 Å². The molecule has 1 saturated heterocycles. The van der Waals surface area contributed by atoms with E-state index in [1.54, 1.807) is 0 Å². The van der Waals surface area contributed by atoms with Gasteiger partial charge in [-0.1, -0.05) is 0 Å². The molecule has 118 valence electrons. The van der Waals surface area contributed by atoms with E-state index in [0.717, 1.165) is 54.0 Å². The number of aryl methyl sites for hydroxylation is 3. The van der Waals surface area contributed by atoms with Gasteiger partial charge in [-0.15, -0.1) is 0 Å². The van der Waals surface area contributed by atoms with E-state index in [1.165, 1.54) is 0 Å². The summed E-state index contributed by atoms with van der Waals surface area (Å²) in [4.78, 5) is 14.8. The number of nitrogens with zero attached hydrogens (tertiary/aromatic N) is 3. The molecule has 6 nitrogen and oxygen atoms in total. The van der Waals surface area contributed by atoms with Crippen LogP contribution in [-0.2, 0) is 11.2 Å². The molecule has 1 amide bonds. The van der Waals surface area contributed by atoms with E-state index in [1.807, 2.05) is 31.9 Å². The van der Waals surface area contributed by atoms with Crippen molar-refractivity contribution in [2.24, 2.45) is 0 Å². The van der Waals surface area contributed by atoms with E-state index in [2.05, 4.69) is 20.4 Å². The maximum absolute atomic E-state index is 12.8. The molecule has 3 rings (SSSR count). The first-order chi connectivity index (χ1) is 10.6. The van der Waals surface area contributed by atoms with Gasteiger partial charge in [0, 0.05) is 17.8 Å². The molecule has 1 aliphatic rings. The van der Waals surface area contributed by atoms with E-state index in [4.69, 9.17) is 0 Å². The Morgan fingerprint density at radius 1 is 1.32 bits per heavy atom. The maximum atomic E-state index is 12.8. The van der Waals surface area contributed by atoms with Gasteiger partial charge < -0.3 is 4.90 Å². The second kappa shape index (κ2) is 5.94. The van der Waals surface area contributed by atoms with Gasteiger partial charge in [-0.3, -0.25) is 15.0 Å². The minimum absolute atomic E-state index is 0.122. The summed E-state index contributed by atoms with van der Waals surface area (Å²) >= 11 is 0. The van der Waals surface area contributed by atoms with Crippen LogP contribution in [0.15, 0.2) is 6.20 Å². The van der Waals surface area contributed by atoms with Crippen molar-refractivity contribution in [3.05, 3.63) is 34.4 Å². The summed E-state index contributed by atoms with van der Waals surface area (Å²) in [6, 6.07) is 0.122. The molecule has 0 unspecified atom stereocenters. The number of carbonyl (C=O) groups excluding carboxylic acids is 1. The van der Waals surface area contributed by atoms with Gasteiger partial charge in [-0.05, 0) is 45.6 Å². The fourth-order valence-electron chi connectivity index (χ4n) is 3.31. The smallest absolute Gasteiger partial charge is 0.227 e. The molecule has 1 aliphatic heterocycles. The number of rotatable bonds is 3. The molecular formula is C16H23N5O. The number of aromatic amines is 2. The summed E-state index contributed by atoms with van der Waals surface area (Å²) in [7, 11) is 0. The topological polar surface area (TPSA) is 77.7 Å². The quantitative estimate of drug-likeness (QED) is 0.913. The predicted octanol–water partition coefficient (Wildman–Crippen LogP) is 2.35. The second-order valence-corrected chi connectivity index (χ2v) is 6.15. The molecule has 1 atom stereocenters. The molecule has 0 aromatic carbocycles. The van der Waals surface area contributed by atoms with Gasteiger partial charge in [-0.2, -0.15) is 10.2 Å². The van der Waals surface area contributed by atoms with E-state index in [9.17, 15) is 4.79 Å². The molecule has 2 N–H and O–H groups in total. The largest absolute Gasteiger partial charge is 0.334 e. The Morgan fingerprint density at radius 2 is 2.14 bits per heavy atom. The molecule has 6 heteroatoms. The highest BCUT2D eigenvalue weighted by atomic mass is 16.2. The number of nitrogens with one attached hydrogen (secondary N) is 2. The number of likely N-dealkylation sites (tertiary alicyclic amines) is 1. The van der Waals surface area contributed by atoms with Crippen molar-refractivity contribution in [1.29, 1.82) is 0 Å². The number of H-pyrrole nitrogens is 2. The SMILES string of the molecule is Cc1cn[nH]c1[C@H]1CCCCN1C(=O)Cc1c(C)n[nH]c1C. The Balaban J connectivity index is 1.82. The van der Waals surface area contributed by atoms with Gasteiger partial charge in [-0.25, -0.2) is 0 Å². The summed E-state index contributed by atoms with van der Waals surface area (Å²) < 4.78 is 0. The molecule has 0 saturated carbocycles. The third-order valence-corrected chi connectivity index (χ3v) is 4.63. The van der Waals surface area contributed by atoms with Crippen molar-refractivity contribution in [3.63, 3.8) is 0 Å². The van der Waals surface area contributed by atoms with Crippen molar-refractivity contribution in [2.75, 3.05) is 6.54 Å². The first-order valence-corrected chi connectivity index (χ1v) is 7.87. The molecule has 2 aromatic rings. The van der Waals surface area contributed by atoms with Crippen molar-refractivity contribution < 1.29 is 4.79 Å². The van der Waals surface area contributed by atoms with Crippen LogP contribution in [0.4, 0.5) is 0 Å². The van der Waals surface area contributed by atoms with Crippen LogP contribution >= 0.6 is 0 Å². The number of aromatic nitrogens is 4. The van der Waals surface area contributed by atoms with Crippen LogP contribution in [0.25, 0.3) is 0 Å². The highest BCUT2D eigenvalue weighted by Gasteiger charge is 2.30. The van der Waals surface area contributed by atoms with Crippen LogP contribution in [-0.4, -0.2) is 37.7 Å². The van der Waals surface area contributed by atoms with E-state index < -0.39 is 0 Å². The first-order valence-electron chi connectivity index (χ1n) is 7.87. The Hall–Kier alpha value is -2.11. The Morgan fingerprint density at radius 3 is 2.77 bits per heavy atom. The molecule has 1 fully saturated rings. The molecule has 22 heavy (non-hydrogen) atoms. The lowest BCUT2D eigenvalue weighted by atomic mass is 9.96. The lowest BCUT2D eigenvalue weighted by molar-refractivity contribution is -0.134. The highest BCUT2D eigenvalue weighted by molar-refractivity contribution is 5.80. The zero-order chi connectivity index (χ0) is 15.7. The fourth-order valence-corrected chi connectivity index (χ4v) is 3.31. The molecule has 0 spiro atoms. The monoisotopic (exact) mass is 301 g/mol. The standard InChI is InChI=1S/C16H23N5O/c1-10-9-17-20-16(10)14-6-4-5-7-21(14)15(22)8-13-11(2)18-19-12(13)3/h9,14H,4-8H2,1-3H3,(H,17,20)(H,18,19)/t14-/m1/s1. The van der Waals surface area contributed by atoms with Gasteiger partial charge in [0.2, 0.25) is 5.91 Å². The minimum Gasteiger partial charge on any atom is -0.334 e. The van der Waals surface area contributed by atoms with Crippen LogP contribution in [0.3, 0.4) is 0 Å². The third kappa shape index (κ3) is 2.65. The van der Waals surface area contributed by atoms with Crippen molar-refractivity contribution >= 4 is 5.91 Å². The molecule has 0 radical (unpaired) electrons. The number of amides is 1. The van der Waals surface area contributed by atoms with Crippen molar-refractivity contribution in [3.8, 4) is 0 Å². The van der Waals surface area contributed by atoms with Crippen LogP contribution in [0.2, 0.25) is 0 Å². The van der Waals surface area contributed by atoms with Gasteiger partial charge in [0.25, 0.3) is 0 Å². The summed E-state index contributed by atoms with van der Waals surface area (Å²) in [6.07, 6.45) is 5.46. The Bertz CT molecular complexity index is 652. The van der Waals surface area contributed by atoms with E-state index in [0.29, 0.717) is 6.42 Å². The molecule has 3 heterocycles. The van der Waals surface area contributed by atoms with Crippen LogP contribution in [0, 0.1) is 20.8 Å². The van der Waals surface area contributed by atoms with Crippen molar-refractivity contribution in [1.82, 2.24) is 25.3 Å². The Labute approximate surface area is 130 Å². The third-order valence-electron chi connectivity index (χ3n) is 4.63. The normalized spacial score (nSPS) is 18.7. The highest BCUT2D eigenvalue weighted by Crippen LogP contribution is 2.32. The molecule has 0 aliphatic carbocycles. The molecule has 2 aromatic heterocycles. The Kier molecular flexibility index (Phi) is 4.00. The summed E-state index contributed by atoms with van der Waals surface area (Å²) in [5, 5.41) is 14.3. The fraction of sp³-hybridized carbons (Fsp3) is 0.562. The van der Waals surface area contributed by atoms with Crippen LogP contribution in [0.5, 0.6) is 0 Å². The number of hydrogen-bond donors (Lipinski definition) is 2. The first kappa shape index (κ1) is 14.8. The summed E-state index contributed by atoms with van der Waals surface area (Å²) in [5.74, 6) is 0.173. The molecular weight excluding hydrogens is 278 g/mol.